The van der Waals surface area contributed by atoms with Crippen LogP contribution in [0.1, 0.15) is 35.2 Å². The lowest BCUT2D eigenvalue weighted by atomic mass is 10.1. The topological polar surface area (TPSA) is 72.2 Å². The molecule has 0 aromatic heterocycles. The van der Waals surface area contributed by atoms with Gasteiger partial charge in [-0.1, -0.05) is 15.9 Å². The van der Waals surface area contributed by atoms with E-state index in [-0.39, 0.29) is 11.8 Å². The molecule has 1 aromatic carbocycles. The minimum absolute atomic E-state index is 0.0986. The Labute approximate surface area is 115 Å². The first-order valence-corrected chi connectivity index (χ1v) is 6.62. The largest absolute Gasteiger partial charge is 0.370 e. The van der Waals surface area contributed by atoms with E-state index in [0.29, 0.717) is 24.9 Å². The van der Waals surface area contributed by atoms with Crippen LogP contribution in [0.25, 0.3) is 0 Å². The van der Waals surface area contributed by atoms with Gasteiger partial charge in [0.05, 0.1) is 0 Å². The van der Waals surface area contributed by atoms with Gasteiger partial charge in [-0.25, -0.2) is 0 Å². The Bertz CT molecular complexity index is 426. The Hall–Kier alpha value is -1.36. The molecule has 2 amide bonds. The summed E-state index contributed by atoms with van der Waals surface area (Å²) in [5, 5.41) is 2.82. The normalized spacial score (nSPS) is 10.1. The number of carbonyl (C=O) groups is 2. The maximum atomic E-state index is 11.8. The van der Waals surface area contributed by atoms with Crippen LogP contribution in [0.5, 0.6) is 0 Å². The Morgan fingerprint density at radius 3 is 2.61 bits per heavy atom. The molecule has 0 saturated carbocycles. The molecule has 4 nitrogen and oxygen atoms in total. The zero-order valence-corrected chi connectivity index (χ0v) is 11.9. The van der Waals surface area contributed by atoms with E-state index in [4.69, 9.17) is 5.73 Å². The zero-order valence-electron chi connectivity index (χ0n) is 10.3. The monoisotopic (exact) mass is 312 g/mol. The summed E-state index contributed by atoms with van der Waals surface area (Å²) in [6.45, 7) is 2.49. The van der Waals surface area contributed by atoms with E-state index in [1.807, 2.05) is 19.1 Å². The van der Waals surface area contributed by atoms with Crippen LogP contribution in [0.15, 0.2) is 22.7 Å². The number of nitrogens with one attached hydrogen (secondary N) is 1. The number of benzene rings is 1. The highest BCUT2D eigenvalue weighted by atomic mass is 79.9. The smallest absolute Gasteiger partial charge is 0.251 e. The molecule has 0 radical (unpaired) electrons. The van der Waals surface area contributed by atoms with E-state index in [9.17, 15) is 9.59 Å². The molecule has 0 fully saturated rings. The quantitative estimate of drug-likeness (QED) is 0.790. The molecule has 0 aliphatic heterocycles. The number of primary amides is 1. The molecule has 0 aliphatic rings. The lowest BCUT2D eigenvalue weighted by Crippen LogP contribution is -2.24. The number of carbonyl (C=O) groups excluding carboxylic acids is 2. The summed E-state index contributed by atoms with van der Waals surface area (Å²) >= 11 is 3.36. The summed E-state index contributed by atoms with van der Waals surface area (Å²) in [5.74, 6) is -0.401. The molecule has 1 rings (SSSR count). The minimum atomic E-state index is -0.302. The molecule has 3 N–H and O–H groups in total. The van der Waals surface area contributed by atoms with E-state index in [0.717, 1.165) is 16.5 Å². The number of nitrogens with two attached hydrogens (primary N) is 1. The highest BCUT2D eigenvalue weighted by molar-refractivity contribution is 9.10. The van der Waals surface area contributed by atoms with Crippen LogP contribution in [0.4, 0.5) is 0 Å². The van der Waals surface area contributed by atoms with Crippen molar-refractivity contribution in [1.82, 2.24) is 5.32 Å². The fourth-order valence-corrected chi connectivity index (χ4v) is 2.20. The van der Waals surface area contributed by atoms with Crippen LogP contribution in [-0.2, 0) is 4.79 Å². The summed E-state index contributed by atoms with van der Waals surface area (Å²) in [5.41, 5.74) is 6.69. The second kappa shape index (κ2) is 7.16. The number of aryl methyl sites for hydroxylation is 1. The van der Waals surface area contributed by atoms with E-state index < -0.39 is 0 Å². The zero-order chi connectivity index (χ0) is 13.5. The van der Waals surface area contributed by atoms with Crippen LogP contribution in [0, 0.1) is 6.92 Å². The first-order valence-electron chi connectivity index (χ1n) is 5.83. The fraction of sp³-hybridized carbons (Fsp3) is 0.385. The van der Waals surface area contributed by atoms with Crippen LogP contribution in [0.2, 0.25) is 0 Å². The number of hydrogen-bond acceptors (Lipinski definition) is 2. The van der Waals surface area contributed by atoms with Gasteiger partial charge in [0.1, 0.15) is 0 Å². The minimum Gasteiger partial charge on any atom is -0.370 e. The van der Waals surface area contributed by atoms with Crippen molar-refractivity contribution in [2.45, 2.75) is 26.2 Å². The predicted molar refractivity (Wildman–Crippen MR) is 74.3 cm³/mol. The number of amides is 2. The van der Waals surface area contributed by atoms with Crippen molar-refractivity contribution in [3.8, 4) is 0 Å². The van der Waals surface area contributed by atoms with Crippen molar-refractivity contribution >= 4 is 27.7 Å². The second-order valence-corrected chi connectivity index (χ2v) is 5.11. The number of unbranched alkanes of at least 4 members (excludes halogenated alkanes) is 1. The molecule has 1 aromatic rings. The molecule has 5 heteroatoms. The van der Waals surface area contributed by atoms with Gasteiger partial charge in [0.2, 0.25) is 5.91 Å². The maximum absolute atomic E-state index is 11.8. The van der Waals surface area contributed by atoms with Crippen LogP contribution in [-0.4, -0.2) is 18.4 Å². The lowest BCUT2D eigenvalue weighted by Gasteiger charge is -2.06. The molecule has 98 valence electrons. The molecule has 0 atom stereocenters. The van der Waals surface area contributed by atoms with Gasteiger partial charge >= 0.3 is 0 Å². The van der Waals surface area contributed by atoms with Gasteiger partial charge in [-0.15, -0.1) is 0 Å². The molecule has 0 unspecified atom stereocenters. The molecular formula is C13H17BrN2O2. The highest BCUT2D eigenvalue weighted by Gasteiger charge is 2.06. The summed E-state index contributed by atoms with van der Waals surface area (Å²) in [6.07, 6.45) is 1.82. The number of hydrogen-bond donors (Lipinski definition) is 2. The van der Waals surface area contributed by atoms with Crippen molar-refractivity contribution in [3.63, 3.8) is 0 Å². The van der Waals surface area contributed by atoms with Gasteiger partial charge in [0, 0.05) is 23.0 Å². The average molecular weight is 313 g/mol. The first kappa shape index (κ1) is 14.7. The lowest BCUT2D eigenvalue weighted by molar-refractivity contribution is -0.118. The molecule has 0 aliphatic carbocycles. The van der Waals surface area contributed by atoms with Crippen LogP contribution in [0.3, 0.4) is 0 Å². The predicted octanol–water partition coefficient (Wildman–Crippen LogP) is 2.14. The van der Waals surface area contributed by atoms with Gasteiger partial charge in [-0.2, -0.15) is 0 Å². The standard InChI is InChI=1S/C13H17BrN2O2/c1-9-6-10(8-11(14)7-9)13(18)16-5-3-2-4-12(15)17/h6-8H,2-5H2,1H3,(H2,15,17)(H,16,18). The highest BCUT2D eigenvalue weighted by Crippen LogP contribution is 2.15. The van der Waals surface area contributed by atoms with Crippen molar-refractivity contribution in [1.29, 1.82) is 0 Å². The van der Waals surface area contributed by atoms with Crippen molar-refractivity contribution in [2.24, 2.45) is 5.73 Å². The molecule has 0 heterocycles. The van der Waals surface area contributed by atoms with E-state index >= 15 is 0 Å². The molecule has 0 bridgehead atoms. The third-order valence-electron chi connectivity index (χ3n) is 2.44. The molecule has 18 heavy (non-hydrogen) atoms. The third kappa shape index (κ3) is 5.31. The van der Waals surface area contributed by atoms with Gasteiger partial charge in [0.15, 0.2) is 0 Å². The number of halogens is 1. The first-order chi connectivity index (χ1) is 8.49. The van der Waals surface area contributed by atoms with Gasteiger partial charge < -0.3 is 11.1 Å². The SMILES string of the molecule is Cc1cc(Br)cc(C(=O)NCCCCC(N)=O)c1. The van der Waals surface area contributed by atoms with Crippen LogP contribution >= 0.6 is 15.9 Å². The Morgan fingerprint density at radius 2 is 2.00 bits per heavy atom. The van der Waals surface area contributed by atoms with E-state index in [1.54, 1.807) is 6.07 Å². The number of rotatable bonds is 6. The summed E-state index contributed by atoms with van der Waals surface area (Å²) in [4.78, 5) is 22.3. The Kier molecular flexibility index (Phi) is 5.85. The average Bonchev–Trinajstić information content (AvgIpc) is 2.26. The molecule has 0 spiro atoms. The summed E-state index contributed by atoms with van der Waals surface area (Å²) in [6, 6.07) is 5.57. The van der Waals surface area contributed by atoms with E-state index in [1.165, 1.54) is 0 Å². The fourth-order valence-electron chi connectivity index (χ4n) is 1.60. The van der Waals surface area contributed by atoms with Crippen molar-refractivity contribution < 1.29 is 9.59 Å². The molecule has 0 saturated heterocycles. The van der Waals surface area contributed by atoms with Gasteiger partial charge in [-0.05, 0) is 43.5 Å². The van der Waals surface area contributed by atoms with E-state index in [2.05, 4.69) is 21.2 Å². The maximum Gasteiger partial charge on any atom is 0.251 e. The Morgan fingerprint density at radius 1 is 1.28 bits per heavy atom. The summed E-state index contributed by atoms with van der Waals surface area (Å²) in [7, 11) is 0. The Balaban J connectivity index is 2.38. The van der Waals surface area contributed by atoms with Crippen molar-refractivity contribution in [2.75, 3.05) is 6.54 Å². The molecular weight excluding hydrogens is 296 g/mol. The summed E-state index contributed by atoms with van der Waals surface area (Å²) < 4.78 is 0.890. The second-order valence-electron chi connectivity index (χ2n) is 4.20. The van der Waals surface area contributed by atoms with Crippen LogP contribution < -0.4 is 11.1 Å². The third-order valence-corrected chi connectivity index (χ3v) is 2.90. The van der Waals surface area contributed by atoms with Gasteiger partial charge in [0.25, 0.3) is 5.91 Å². The van der Waals surface area contributed by atoms with Crippen molar-refractivity contribution in [3.05, 3.63) is 33.8 Å². The van der Waals surface area contributed by atoms with Gasteiger partial charge in [-0.3, -0.25) is 9.59 Å².